The van der Waals surface area contributed by atoms with Crippen molar-refractivity contribution in [2.45, 2.75) is 6.42 Å². The summed E-state index contributed by atoms with van der Waals surface area (Å²) in [5, 5.41) is 11.3. The van der Waals surface area contributed by atoms with Gasteiger partial charge in [-0.2, -0.15) is 0 Å². The van der Waals surface area contributed by atoms with Crippen LogP contribution in [0.3, 0.4) is 0 Å². The third-order valence-electron chi connectivity index (χ3n) is 2.34. The van der Waals surface area contributed by atoms with Crippen LogP contribution < -0.4 is 10.1 Å². The average molecular weight is 253 g/mol. The molecular formula is C13H19NO4. The number of rotatable bonds is 8. The maximum atomic E-state index is 11.8. The minimum absolute atomic E-state index is 0.0214. The van der Waals surface area contributed by atoms with Gasteiger partial charge in [0, 0.05) is 13.2 Å². The van der Waals surface area contributed by atoms with Crippen LogP contribution in [0.15, 0.2) is 24.3 Å². The van der Waals surface area contributed by atoms with E-state index in [1.54, 1.807) is 18.2 Å². The van der Waals surface area contributed by atoms with E-state index < -0.39 is 0 Å². The summed E-state index contributed by atoms with van der Waals surface area (Å²) < 4.78 is 10.2. The smallest absolute Gasteiger partial charge is 0.255 e. The molecule has 0 bridgehead atoms. The largest absolute Gasteiger partial charge is 0.496 e. The average Bonchev–Trinajstić information content (AvgIpc) is 2.42. The number of para-hydroxylation sites is 1. The summed E-state index contributed by atoms with van der Waals surface area (Å²) >= 11 is 0. The molecule has 0 saturated heterocycles. The Balaban J connectivity index is 2.32. The zero-order valence-corrected chi connectivity index (χ0v) is 10.5. The van der Waals surface area contributed by atoms with Crippen LogP contribution in [0.2, 0.25) is 0 Å². The van der Waals surface area contributed by atoms with Crippen molar-refractivity contribution >= 4 is 5.91 Å². The summed E-state index contributed by atoms with van der Waals surface area (Å²) in [6.07, 6.45) is 0.709. The van der Waals surface area contributed by atoms with Crippen molar-refractivity contribution in [3.63, 3.8) is 0 Å². The first-order chi connectivity index (χ1) is 8.79. The number of hydrogen-bond acceptors (Lipinski definition) is 4. The van der Waals surface area contributed by atoms with Crippen molar-refractivity contribution in [3.05, 3.63) is 29.8 Å². The van der Waals surface area contributed by atoms with Crippen LogP contribution in [0.4, 0.5) is 0 Å². The van der Waals surface area contributed by atoms with Crippen molar-refractivity contribution in [1.82, 2.24) is 5.32 Å². The molecule has 0 aliphatic carbocycles. The molecule has 0 spiro atoms. The Labute approximate surface area is 107 Å². The number of aliphatic hydroxyl groups is 1. The third kappa shape index (κ3) is 4.73. The predicted octanol–water partition coefficient (Wildman–Crippen LogP) is 0.824. The topological polar surface area (TPSA) is 67.8 Å². The molecule has 5 heteroatoms. The molecule has 2 N–H and O–H groups in total. The van der Waals surface area contributed by atoms with E-state index in [0.717, 1.165) is 0 Å². The number of amides is 1. The fraction of sp³-hybridized carbons (Fsp3) is 0.462. The van der Waals surface area contributed by atoms with E-state index in [4.69, 9.17) is 14.6 Å². The lowest BCUT2D eigenvalue weighted by molar-refractivity contribution is 0.0866. The molecule has 0 heterocycles. The van der Waals surface area contributed by atoms with Gasteiger partial charge in [0.1, 0.15) is 5.75 Å². The predicted molar refractivity (Wildman–Crippen MR) is 67.8 cm³/mol. The van der Waals surface area contributed by atoms with E-state index in [1.165, 1.54) is 7.11 Å². The highest BCUT2D eigenvalue weighted by Gasteiger charge is 2.09. The molecule has 0 aromatic heterocycles. The Morgan fingerprint density at radius 1 is 1.33 bits per heavy atom. The summed E-state index contributed by atoms with van der Waals surface area (Å²) in [6, 6.07) is 7.08. The standard InChI is InChI=1S/C13H19NO4/c1-17-12-6-3-2-5-11(12)13(16)14-7-4-9-18-10-8-15/h2-3,5-6,15H,4,7-10H2,1H3,(H,14,16). The van der Waals surface area contributed by atoms with Gasteiger partial charge >= 0.3 is 0 Å². The number of nitrogens with one attached hydrogen (secondary N) is 1. The molecule has 0 aliphatic rings. The van der Waals surface area contributed by atoms with Gasteiger partial charge in [0.15, 0.2) is 0 Å². The minimum atomic E-state index is -0.158. The second-order valence-electron chi connectivity index (χ2n) is 3.65. The van der Waals surface area contributed by atoms with Crippen LogP contribution in [-0.2, 0) is 4.74 Å². The highest BCUT2D eigenvalue weighted by molar-refractivity contribution is 5.96. The second kappa shape index (κ2) is 8.49. The lowest BCUT2D eigenvalue weighted by Crippen LogP contribution is -2.25. The quantitative estimate of drug-likeness (QED) is 0.673. The minimum Gasteiger partial charge on any atom is -0.496 e. The van der Waals surface area contributed by atoms with Gasteiger partial charge in [-0.1, -0.05) is 12.1 Å². The number of aliphatic hydroxyl groups excluding tert-OH is 1. The molecule has 0 aliphatic heterocycles. The molecule has 5 nitrogen and oxygen atoms in total. The SMILES string of the molecule is COc1ccccc1C(=O)NCCCOCCO. The number of carbonyl (C=O) groups is 1. The van der Waals surface area contributed by atoms with E-state index in [2.05, 4.69) is 5.32 Å². The van der Waals surface area contributed by atoms with Gasteiger partial charge in [0.05, 0.1) is 25.9 Å². The maximum absolute atomic E-state index is 11.8. The Morgan fingerprint density at radius 2 is 2.11 bits per heavy atom. The van der Waals surface area contributed by atoms with Gasteiger partial charge in [0.2, 0.25) is 0 Å². The van der Waals surface area contributed by atoms with Crippen LogP contribution in [0.1, 0.15) is 16.8 Å². The van der Waals surface area contributed by atoms with Crippen LogP contribution in [0.25, 0.3) is 0 Å². The second-order valence-corrected chi connectivity index (χ2v) is 3.65. The number of methoxy groups -OCH3 is 1. The first-order valence-corrected chi connectivity index (χ1v) is 5.89. The first-order valence-electron chi connectivity index (χ1n) is 5.89. The van der Waals surface area contributed by atoms with E-state index in [1.807, 2.05) is 6.07 Å². The van der Waals surface area contributed by atoms with Gasteiger partial charge in [0.25, 0.3) is 5.91 Å². The van der Waals surface area contributed by atoms with Gasteiger partial charge < -0.3 is 19.9 Å². The summed E-state index contributed by atoms with van der Waals surface area (Å²) in [5.41, 5.74) is 0.524. The molecule has 1 rings (SSSR count). The maximum Gasteiger partial charge on any atom is 0.255 e. The zero-order chi connectivity index (χ0) is 13.2. The van der Waals surface area contributed by atoms with Crippen LogP contribution >= 0.6 is 0 Å². The van der Waals surface area contributed by atoms with Gasteiger partial charge in [-0.05, 0) is 18.6 Å². The van der Waals surface area contributed by atoms with Crippen molar-refractivity contribution < 1.29 is 19.4 Å². The highest BCUT2D eigenvalue weighted by Crippen LogP contribution is 2.16. The molecule has 0 radical (unpaired) electrons. The summed E-state index contributed by atoms with van der Waals surface area (Å²) in [5.74, 6) is 0.404. The van der Waals surface area contributed by atoms with Gasteiger partial charge in [-0.25, -0.2) is 0 Å². The number of ether oxygens (including phenoxy) is 2. The van der Waals surface area contributed by atoms with Crippen molar-refractivity contribution in [1.29, 1.82) is 0 Å². The molecule has 1 aromatic rings. The molecule has 18 heavy (non-hydrogen) atoms. The lowest BCUT2D eigenvalue weighted by atomic mass is 10.2. The van der Waals surface area contributed by atoms with E-state index in [9.17, 15) is 4.79 Å². The van der Waals surface area contributed by atoms with Gasteiger partial charge in [-0.3, -0.25) is 4.79 Å². The fourth-order valence-corrected chi connectivity index (χ4v) is 1.47. The first kappa shape index (κ1) is 14.5. The molecular weight excluding hydrogens is 234 g/mol. The zero-order valence-electron chi connectivity index (χ0n) is 10.5. The van der Waals surface area contributed by atoms with E-state index in [-0.39, 0.29) is 12.5 Å². The molecule has 1 aromatic carbocycles. The van der Waals surface area contributed by atoms with E-state index >= 15 is 0 Å². The van der Waals surface area contributed by atoms with Crippen molar-refractivity contribution in [2.75, 3.05) is 33.5 Å². The summed E-state index contributed by atoms with van der Waals surface area (Å²) in [6.45, 7) is 1.41. The third-order valence-corrected chi connectivity index (χ3v) is 2.34. The normalized spacial score (nSPS) is 10.1. The molecule has 100 valence electrons. The number of benzene rings is 1. The monoisotopic (exact) mass is 253 g/mol. The Hall–Kier alpha value is -1.59. The van der Waals surface area contributed by atoms with Crippen LogP contribution in [0.5, 0.6) is 5.75 Å². The van der Waals surface area contributed by atoms with Crippen LogP contribution in [-0.4, -0.2) is 44.5 Å². The molecule has 1 amide bonds. The van der Waals surface area contributed by atoms with Gasteiger partial charge in [-0.15, -0.1) is 0 Å². The van der Waals surface area contributed by atoms with E-state index in [0.29, 0.717) is 37.5 Å². The fourth-order valence-electron chi connectivity index (χ4n) is 1.47. The number of hydrogen-bond donors (Lipinski definition) is 2. The molecule has 0 fully saturated rings. The molecule has 0 unspecified atom stereocenters. The van der Waals surface area contributed by atoms with Crippen LogP contribution in [0, 0.1) is 0 Å². The summed E-state index contributed by atoms with van der Waals surface area (Å²) in [4.78, 5) is 11.8. The molecule has 0 saturated carbocycles. The summed E-state index contributed by atoms with van der Waals surface area (Å²) in [7, 11) is 1.54. The Kier molecular flexibility index (Phi) is 6.83. The highest BCUT2D eigenvalue weighted by atomic mass is 16.5. The van der Waals surface area contributed by atoms with Crippen molar-refractivity contribution in [3.8, 4) is 5.75 Å². The Morgan fingerprint density at radius 3 is 2.83 bits per heavy atom. The Bertz CT molecular complexity index is 368. The molecule has 0 atom stereocenters. The lowest BCUT2D eigenvalue weighted by Gasteiger charge is -2.09. The number of carbonyl (C=O) groups excluding carboxylic acids is 1. The van der Waals surface area contributed by atoms with Crippen molar-refractivity contribution in [2.24, 2.45) is 0 Å².